The Balaban J connectivity index is 2.61. The molecule has 0 aliphatic rings. The Bertz CT molecular complexity index is 332. The minimum absolute atomic E-state index is 0.144. The number of hydrogen-bond acceptors (Lipinski definition) is 1. The van der Waals surface area contributed by atoms with Gasteiger partial charge in [0, 0.05) is 5.92 Å². The molecule has 0 bridgehead atoms. The van der Waals surface area contributed by atoms with Gasteiger partial charge in [-0.15, -0.1) is 12.3 Å². The molecule has 0 heterocycles. The zero-order chi connectivity index (χ0) is 10.4. The first-order valence-electron chi connectivity index (χ1n) is 4.61. The predicted octanol–water partition coefficient (Wildman–Crippen LogP) is 2.33. The van der Waals surface area contributed by atoms with Gasteiger partial charge in [-0.05, 0) is 12.5 Å². The van der Waals surface area contributed by atoms with Gasteiger partial charge in [0.15, 0.2) is 0 Å². The Morgan fingerprint density at radius 1 is 1.36 bits per heavy atom. The van der Waals surface area contributed by atoms with Crippen molar-refractivity contribution in [2.45, 2.75) is 13.0 Å². The number of rotatable bonds is 3. The maximum absolute atomic E-state index is 9.55. The van der Waals surface area contributed by atoms with E-state index in [4.69, 9.17) is 6.42 Å². The molecular formula is C13H14O. The van der Waals surface area contributed by atoms with Crippen LogP contribution < -0.4 is 0 Å². The topological polar surface area (TPSA) is 20.2 Å². The average molecular weight is 186 g/mol. The molecular weight excluding hydrogens is 172 g/mol. The van der Waals surface area contributed by atoms with Gasteiger partial charge in [-0.2, -0.15) is 0 Å². The summed E-state index contributed by atoms with van der Waals surface area (Å²) in [6.07, 6.45) is 8.22. The molecule has 0 radical (unpaired) electrons. The largest absolute Gasteiger partial charge is 0.388 e. The van der Waals surface area contributed by atoms with Gasteiger partial charge in [-0.25, -0.2) is 0 Å². The van der Waals surface area contributed by atoms with Crippen LogP contribution in [0.5, 0.6) is 0 Å². The van der Waals surface area contributed by atoms with E-state index in [2.05, 4.69) is 5.92 Å². The van der Waals surface area contributed by atoms with E-state index in [9.17, 15) is 5.11 Å². The Hall–Kier alpha value is -1.52. The van der Waals surface area contributed by atoms with Crippen molar-refractivity contribution in [2.24, 2.45) is 5.92 Å². The second kappa shape index (κ2) is 5.26. The summed E-state index contributed by atoms with van der Waals surface area (Å²) in [7, 11) is 0. The van der Waals surface area contributed by atoms with Crippen LogP contribution >= 0.6 is 0 Å². The minimum Gasteiger partial charge on any atom is -0.388 e. The van der Waals surface area contributed by atoms with Crippen molar-refractivity contribution in [2.75, 3.05) is 0 Å². The lowest BCUT2D eigenvalue weighted by Crippen LogP contribution is -2.12. The molecule has 0 aliphatic heterocycles. The van der Waals surface area contributed by atoms with E-state index in [0.29, 0.717) is 0 Å². The quantitative estimate of drug-likeness (QED) is 0.718. The highest BCUT2D eigenvalue weighted by atomic mass is 16.3. The molecule has 1 aromatic carbocycles. The third kappa shape index (κ3) is 3.08. The third-order valence-electron chi connectivity index (χ3n) is 2.06. The lowest BCUT2D eigenvalue weighted by atomic mass is 10.0. The van der Waals surface area contributed by atoms with Gasteiger partial charge in [0.2, 0.25) is 0 Å². The summed E-state index contributed by atoms with van der Waals surface area (Å²) < 4.78 is 0. The first-order valence-corrected chi connectivity index (χ1v) is 4.61. The summed E-state index contributed by atoms with van der Waals surface area (Å²) in [5.41, 5.74) is 1.07. The first-order chi connectivity index (χ1) is 6.74. The van der Waals surface area contributed by atoms with Crippen LogP contribution in [-0.4, -0.2) is 11.2 Å². The molecule has 0 unspecified atom stereocenters. The van der Waals surface area contributed by atoms with E-state index in [1.54, 1.807) is 6.08 Å². The molecule has 0 aromatic heterocycles. The first kappa shape index (κ1) is 10.6. The Morgan fingerprint density at radius 2 is 2.00 bits per heavy atom. The summed E-state index contributed by atoms with van der Waals surface area (Å²) in [5, 5.41) is 9.55. The van der Waals surface area contributed by atoms with E-state index in [-0.39, 0.29) is 5.92 Å². The highest BCUT2D eigenvalue weighted by molar-refractivity contribution is 5.49. The third-order valence-corrected chi connectivity index (χ3v) is 2.06. The molecule has 0 amide bonds. The van der Waals surface area contributed by atoms with Gasteiger partial charge in [0.1, 0.15) is 0 Å². The standard InChI is InChI=1S/C13H14O/c1-3-11(2)13(14)10-9-12-7-5-4-6-8-12/h1,4-11,13-14H,2H3/b10-9+/t11-,13+/m1/s1. The average Bonchev–Trinajstić information content (AvgIpc) is 2.26. The van der Waals surface area contributed by atoms with Crippen molar-refractivity contribution in [1.29, 1.82) is 0 Å². The van der Waals surface area contributed by atoms with Crippen molar-refractivity contribution in [3.05, 3.63) is 42.0 Å². The number of hydrogen-bond donors (Lipinski definition) is 1. The molecule has 1 aromatic rings. The summed E-state index contributed by atoms with van der Waals surface area (Å²) in [6.45, 7) is 1.82. The number of benzene rings is 1. The van der Waals surface area contributed by atoms with Crippen LogP contribution in [-0.2, 0) is 0 Å². The number of aliphatic hydroxyl groups excluding tert-OH is 1. The van der Waals surface area contributed by atoms with Gasteiger partial charge >= 0.3 is 0 Å². The molecule has 1 rings (SSSR count). The Kier molecular flexibility index (Phi) is 3.97. The van der Waals surface area contributed by atoms with Crippen molar-refractivity contribution in [1.82, 2.24) is 0 Å². The number of aliphatic hydroxyl groups is 1. The van der Waals surface area contributed by atoms with Crippen molar-refractivity contribution >= 4 is 6.08 Å². The fourth-order valence-electron chi connectivity index (χ4n) is 1.04. The zero-order valence-electron chi connectivity index (χ0n) is 8.22. The van der Waals surface area contributed by atoms with Gasteiger partial charge in [-0.3, -0.25) is 0 Å². The van der Waals surface area contributed by atoms with Crippen LogP contribution in [0.1, 0.15) is 12.5 Å². The molecule has 0 saturated carbocycles. The Labute approximate surface area is 85.1 Å². The molecule has 1 nitrogen and oxygen atoms in total. The normalized spacial score (nSPS) is 14.9. The van der Waals surface area contributed by atoms with Crippen molar-refractivity contribution < 1.29 is 5.11 Å². The van der Waals surface area contributed by atoms with Gasteiger partial charge in [0.05, 0.1) is 6.10 Å². The highest BCUT2D eigenvalue weighted by Gasteiger charge is 2.06. The van der Waals surface area contributed by atoms with Gasteiger partial charge in [-0.1, -0.05) is 42.5 Å². The second-order valence-corrected chi connectivity index (χ2v) is 3.22. The lowest BCUT2D eigenvalue weighted by Gasteiger charge is -2.07. The summed E-state index contributed by atoms with van der Waals surface area (Å²) >= 11 is 0. The predicted molar refractivity (Wildman–Crippen MR) is 59.5 cm³/mol. The van der Waals surface area contributed by atoms with Crippen LogP contribution in [0.2, 0.25) is 0 Å². The fraction of sp³-hybridized carbons (Fsp3) is 0.231. The summed E-state index contributed by atoms with van der Waals surface area (Å²) in [5.74, 6) is 2.36. The van der Waals surface area contributed by atoms with Crippen LogP contribution in [0, 0.1) is 18.3 Å². The van der Waals surface area contributed by atoms with Crippen molar-refractivity contribution in [3.8, 4) is 12.3 Å². The van der Waals surface area contributed by atoms with Crippen molar-refractivity contribution in [3.63, 3.8) is 0 Å². The fourth-order valence-corrected chi connectivity index (χ4v) is 1.04. The molecule has 0 fully saturated rings. The monoisotopic (exact) mass is 186 g/mol. The van der Waals surface area contributed by atoms with E-state index in [1.165, 1.54) is 0 Å². The van der Waals surface area contributed by atoms with E-state index in [0.717, 1.165) is 5.56 Å². The molecule has 2 atom stereocenters. The Morgan fingerprint density at radius 3 is 2.57 bits per heavy atom. The maximum atomic E-state index is 9.55. The van der Waals surface area contributed by atoms with E-state index < -0.39 is 6.10 Å². The van der Waals surface area contributed by atoms with Crippen LogP contribution in [0.4, 0.5) is 0 Å². The second-order valence-electron chi connectivity index (χ2n) is 3.22. The molecule has 0 saturated heterocycles. The smallest absolute Gasteiger partial charge is 0.0858 e. The number of terminal acetylenes is 1. The van der Waals surface area contributed by atoms with E-state index >= 15 is 0 Å². The SMILES string of the molecule is C#C[C@@H](C)[C@@H](O)/C=C/c1ccccc1. The lowest BCUT2D eigenvalue weighted by molar-refractivity contribution is 0.190. The van der Waals surface area contributed by atoms with Gasteiger partial charge < -0.3 is 5.11 Å². The summed E-state index contributed by atoms with van der Waals surface area (Å²) in [6, 6.07) is 9.82. The molecule has 1 N–H and O–H groups in total. The van der Waals surface area contributed by atoms with Crippen LogP contribution in [0.25, 0.3) is 6.08 Å². The summed E-state index contributed by atoms with van der Waals surface area (Å²) in [4.78, 5) is 0. The molecule has 14 heavy (non-hydrogen) atoms. The molecule has 0 aliphatic carbocycles. The molecule has 72 valence electrons. The maximum Gasteiger partial charge on any atom is 0.0858 e. The molecule has 0 spiro atoms. The van der Waals surface area contributed by atoms with E-state index in [1.807, 2.05) is 43.3 Å². The molecule has 1 heteroatoms. The van der Waals surface area contributed by atoms with Gasteiger partial charge in [0.25, 0.3) is 0 Å². The van der Waals surface area contributed by atoms with Crippen LogP contribution in [0.15, 0.2) is 36.4 Å². The zero-order valence-corrected chi connectivity index (χ0v) is 8.22. The van der Waals surface area contributed by atoms with Crippen LogP contribution in [0.3, 0.4) is 0 Å². The highest BCUT2D eigenvalue weighted by Crippen LogP contribution is 2.06. The minimum atomic E-state index is -0.569.